The maximum atomic E-state index is 12.1. The summed E-state index contributed by atoms with van der Waals surface area (Å²) < 4.78 is 0. The molecule has 2 amide bonds. The molecule has 0 saturated carbocycles. The number of nitrogens with one attached hydrogen (secondary N) is 2. The maximum Gasteiger partial charge on any atom is 0.271 e. The van der Waals surface area contributed by atoms with E-state index in [1.54, 1.807) is 36.4 Å². The van der Waals surface area contributed by atoms with E-state index in [-0.39, 0.29) is 5.91 Å². The summed E-state index contributed by atoms with van der Waals surface area (Å²) in [4.78, 5) is 26.3. The Balaban J connectivity index is 1.92. The minimum absolute atomic E-state index is 0.303. The second kappa shape index (κ2) is 9.08. The molecule has 0 aliphatic heterocycles. The largest absolute Gasteiger partial charge is 0.375 e. The first-order valence-electron chi connectivity index (χ1n) is 8.19. The summed E-state index contributed by atoms with van der Waals surface area (Å²) in [5.74, 6) is -0.849. The van der Waals surface area contributed by atoms with Crippen molar-refractivity contribution in [1.82, 2.24) is 10.9 Å². The van der Waals surface area contributed by atoms with Gasteiger partial charge in [0.25, 0.3) is 11.8 Å². The average molecular weight is 360 g/mol. The number of halogens is 1. The van der Waals surface area contributed by atoms with Gasteiger partial charge < -0.3 is 4.90 Å². The Bertz CT molecular complexity index is 732. The molecule has 0 radical (unpaired) electrons. The molecule has 0 atom stereocenters. The monoisotopic (exact) mass is 359 g/mol. The minimum Gasteiger partial charge on any atom is -0.375 e. The van der Waals surface area contributed by atoms with Gasteiger partial charge in [-0.2, -0.15) is 0 Å². The molecule has 0 spiro atoms. The fraction of sp³-hybridized carbons (Fsp3) is 0.263. The van der Waals surface area contributed by atoms with Gasteiger partial charge in [-0.3, -0.25) is 20.4 Å². The molecule has 0 saturated heterocycles. The van der Waals surface area contributed by atoms with Crippen LogP contribution >= 0.6 is 11.6 Å². The van der Waals surface area contributed by atoms with Gasteiger partial charge in [-0.1, -0.05) is 37.1 Å². The number of anilines is 1. The third-order valence-corrected chi connectivity index (χ3v) is 4.15. The van der Waals surface area contributed by atoms with Crippen LogP contribution in [0.2, 0.25) is 5.02 Å². The summed E-state index contributed by atoms with van der Waals surface area (Å²) in [5, 5.41) is 0.328. The lowest BCUT2D eigenvalue weighted by molar-refractivity contribution is 0.0847. The molecular weight excluding hydrogens is 338 g/mol. The molecule has 0 aliphatic rings. The van der Waals surface area contributed by atoms with Gasteiger partial charge in [0.05, 0.1) is 10.6 Å². The van der Waals surface area contributed by atoms with Gasteiger partial charge in [0.2, 0.25) is 0 Å². The Hall–Kier alpha value is -2.53. The van der Waals surface area contributed by atoms with Crippen LogP contribution in [0.4, 0.5) is 5.69 Å². The normalized spacial score (nSPS) is 10.2. The zero-order valence-corrected chi connectivity index (χ0v) is 15.1. The van der Waals surface area contributed by atoms with E-state index in [1.807, 2.05) is 19.2 Å². The zero-order chi connectivity index (χ0) is 18.2. The Morgan fingerprint density at radius 1 is 1.00 bits per heavy atom. The number of carbonyl (C=O) groups is 2. The van der Waals surface area contributed by atoms with Gasteiger partial charge in [0, 0.05) is 24.8 Å². The molecule has 25 heavy (non-hydrogen) atoms. The van der Waals surface area contributed by atoms with Gasteiger partial charge in [-0.15, -0.1) is 0 Å². The van der Waals surface area contributed by atoms with Gasteiger partial charge in [0.1, 0.15) is 0 Å². The smallest absolute Gasteiger partial charge is 0.271 e. The van der Waals surface area contributed by atoms with Gasteiger partial charge in [-0.25, -0.2) is 0 Å². The lowest BCUT2D eigenvalue weighted by atomic mass is 10.2. The molecule has 5 nitrogen and oxygen atoms in total. The molecule has 0 fully saturated rings. The van der Waals surface area contributed by atoms with Gasteiger partial charge in [-0.05, 0) is 42.8 Å². The quantitative estimate of drug-likeness (QED) is 0.774. The summed E-state index contributed by atoms with van der Waals surface area (Å²) >= 11 is 5.96. The van der Waals surface area contributed by atoms with Crippen LogP contribution in [0.25, 0.3) is 0 Å². The molecule has 0 bridgehead atoms. The molecular formula is C19H22ClN3O2. The van der Waals surface area contributed by atoms with E-state index < -0.39 is 5.91 Å². The van der Waals surface area contributed by atoms with Crippen LogP contribution in [-0.4, -0.2) is 25.4 Å². The number of carbonyl (C=O) groups excluding carboxylic acids is 2. The molecule has 0 heterocycles. The first-order valence-corrected chi connectivity index (χ1v) is 8.57. The van der Waals surface area contributed by atoms with Crippen LogP contribution < -0.4 is 15.8 Å². The first kappa shape index (κ1) is 18.8. The minimum atomic E-state index is -0.463. The molecule has 132 valence electrons. The highest BCUT2D eigenvalue weighted by Gasteiger charge is 2.12. The van der Waals surface area contributed by atoms with Crippen LogP contribution in [0.5, 0.6) is 0 Å². The van der Waals surface area contributed by atoms with Crippen molar-refractivity contribution in [2.24, 2.45) is 0 Å². The molecule has 0 unspecified atom stereocenters. The van der Waals surface area contributed by atoms with Crippen LogP contribution in [-0.2, 0) is 0 Å². The fourth-order valence-corrected chi connectivity index (χ4v) is 2.51. The number of hydrogen-bond acceptors (Lipinski definition) is 3. The number of amides is 2. The van der Waals surface area contributed by atoms with E-state index in [0.29, 0.717) is 16.1 Å². The standard InChI is InChI=1S/C19H22ClN3O2/c1-3-4-13-23(2)15-11-9-14(10-12-15)18(24)21-22-19(25)16-7-5-6-8-17(16)20/h5-12H,3-4,13H2,1-2H3,(H,21,24)(H,22,25). The lowest BCUT2D eigenvalue weighted by Gasteiger charge is -2.19. The Kier molecular flexibility index (Phi) is 6.83. The van der Waals surface area contributed by atoms with Gasteiger partial charge in [0.15, 0.2) is 0 Å². The SMILES string of the molecule is CCCCN(C)c1ccc(C(=O)NNC(=O)c2ccccc2Cl)cc1. The second-order valence-corrected chi connectivity index (χ2v) is 6.12. The highest BCUT2D eigenvalue weighted by Crippen LogP contribution is 2.15. The molecule has 2 aromatic carbocycles. The number of benzene rings is 2. The molecule has 2 N–H and O–H groups in total. The van der Waals surface area contributed by atoms with Crippen molar-refractivity contribution in [3.05, 3.63) is 64.7 Å². The van der Waals surface area contributed by atoms with Crippen LogP contribution in [0.15, 0.2) is 48.5 Å². The van der Waals surface area contributed by atoms with Crippen LogP contribution in [0.3, 0.4) is 0 Å². The van der Waals surface area contributed by atoms with E-state index in [9.17, 15) is 9.59 Å². The number of unbranched alkanes of at least 4 members (excludes halogenated alkanes) is 1. The summed E-state index contributed by atoms with van der Waals surface area (Å²) in [7, 11) is 2.02. The molecule has 0 aliphatic carbocycles. The highest BCUT2D eigenvalue weighted by molar-refractivity contribution is 6.33. The van der Waals surface area contributed by atoms with Crippen molar-refractivity contribution >= 4 is 29.1 Å². The Morgan fingerprint density at radius 2 is 1.64 bits per heavy atom. The van der Waals surface area contributed by atoms with Gasteiger partial charge >= 0.3 is 0 Å². The topological polar surface area (TPSA) is 61.4 Å². The summed E-state index contributed by atoms with van der Waals surface area (Å²) in [6.07, 6.45) is 2.25. The van der Waals surface area contributed by atoms with E-state index in [1.165, 1.54) is 0 Å². The van der Waals surface area contributed by atoms with Crippen LogP contribution in [0, 0.1) is 0 Å². The Morgan fingerprint density at radius 3 is 2.28 bits per heavy atom. The Labute approximate surface area is 152 Å². The van der Waals surface area contributed by atoms with Crippen molar-refractivity contribution in [3.8, 4) is 0 Å². The fourth-order valence-electron chi connectivity index (χ4n) is 2.29. The number of hydrazine groups is 1. The van der Waals surface area contributed by atoms with Crippen molar-refractivity contribution in [1.29, 1.82) is 0 Å². The molecule has 6 heteroatoms. The highest BCUT2D eigenvalue weighted by atomic mass is 35.5. The van der Waals surface area contributed by atoms with Crippen molar-refractivity contribution in [3.63, 3.8) is 0 Å². The van der Waals surface area contributed by atoms with Crippen LogP contribution in [0.1, 0.15) is 40.5 Å². The number of nitrogens with zero attached hydrogens (tertiary/aromatic N) is 1. The molecule has 2 rings (SSSR count). The average Bonchev–Trinajstić information content (AvgIpc) is 2.64. The number of rotatable bonds is 6. The van der Waals surface area contributed by atoms with E-state index in [4.69, 9.17) is 11.6 Å². The van der Waals surface area contributed by atoms with E-state index >= 15 is 0 Å². The zero-order valence-electron chi connectivity index (χ0n) is 14.4. The summed E-state index contributed by atoms with van der Waals surface area (Å²) in [6.45, 7) is 3.12. The summed E-state index contributed by atoms with van der Waals surface area (Å²) in [5.41, 5.74) is 6.58. The third-order valence-electron chi connectivity index (χ3n) is 3.83. The first-order chi connectivity index (χ1) is 12.0. The van der Waals surface area contributed by atoms with E-state index in [2.05, 4.69) is 22.7 Å². The third kappa shape index (κ3) is 5.22. The predicted molar refractivity (Wildman–Crippen MR) is 101 cm³/mol. The summed E-state index contributed by atoms with van der Waals surface area (Å²) in [6, 6.07) is 13.9. The van der Waals surface area contributed by atoms with Crippen molar-refractivity contribution in [2.45, 2.75) is 19.8 Å². The van der Waals surface area contributed by atoms with Crippen molar-refractivity contribution in [2.75, 3.05) is 18.5 Å². The van der Waals surface area contributed by atoms with Crippen molar-refractivity contribution < 1.29 is 9.59 Å². The second-order valence-electron chi connectivity index (χ2n) is 5.71. The number of hydrogen-bond donors (Lipinski definition) is 2. The maximum absolute atomic E-state index is 12.1. The lowest BCUT2D eigenvalue weighted by Crippen LogP contribution is -2.41. The van der Waals surface area contributed by atoms with E-state index in [0.717, 1.165) is 25.1 Å². The molecule has 0 aromatic heterocycles. The molecule has 2 aromatic rings. The predicted octanol–water partition coefficient (Wildman–Crippen LogP) is 3.65.